The van der Waals surface area contributed by atoms with Crippen LogP contribution in [0.5, 0.6) is 0 Å². The zero-order chi connectivity index (χ0) is 44.9. The van der Waals surface area contributed by atoms with Crippen molar-refractivity contribution < 1.29 is 50.7 Å². The van der Waals surface area contributed by atoms with Crippen molar-refractivity contribution in [3.05, 3.63) is 58.9 Å². The van der Waals surface area contributed by atoms with Crippen molar-refractivity contribution in [1.82, 2.24) is 49.2 Å². The zero-order valence-electron chi connectivity index (χ0n) is 34.6. The minimum atomic E-state index is -4.84. The number of rotatable bonds is 14. The van der Waals surface area contributed by atoms with Gasteiger partial charge < -0.3 is 29.4 Å². The number of hydrogen-bond acceptors (Lipinski definition) is 17. The molecule has 23 nitrogen and oxygen atoms in total. The fraction of sp³-hybridized carbons (Fsp3) is 0.528. The Kier molecular flexibility index (Phi) is 12.4. The number of aromatic nitrogens is 9. The first-order chi connectivity index (χ1) is 29.2. The molecule has 0 unspecified atom stereocenters. The number of aliphatic hydroxyl groups excluding tert-OH is 2. The topological polar surface area (TPSA) is 302 Å². The largest absolute Gasteiger partial charge is 0.406 e. The van der Waals surface area contributed by atoms with Crippen LogP contribution in [-0.4, -0.2) is 133 Å². The van der Waals surface area contributed by atoms with Gasteiger partial charge >= 0.3 is 10.3 Å². The number of imidazole rings is 1. The average molecular weight is 903 g/mol. The summed E-state index contributed by atoms with van der Waals surface area (Å²) in [7, 11) is -7.68. The van der Waals surface area contributed by atoms with Crippen molar-refractivity contribution in [2.24, 2.45) is 5.92 Å². The number of halogens is 1. The van der Waals surface area contributed by atoms with Crippen molar-refractivity contribution >= 4 is 64.5 Å². The smallest absolute Gasteiger partial charge is 0.336 e. The van der Waals surface area contributed by atoms with E-state index in [0.717, 1.165) is 11.0 Å². The van der Waals surface area contributed by atoms with E-state index in [4.69, 9.17) is 18.1 Å². The number of hydrogen-bond donors (Lipinski definition) is 6. The number of H-pyrrole nitrogens is 1. The minimum absolute atomic E-state index is 0.0370. The summed E-state index contributed by atoms with van der Waals surface area (Å²) in [5, 5.41) is 34.2. The van der Waals surface area contributed by atoms with E-state index in [1.807, 2.05) is 33.9 Å². The van der Waals surface area contributed by atoms with Crippen LogP contribution in [0.4, 0.5) is 16.2 Å². The number of amides is 2. The maximum atomic E-state index is 15.8. The van der Waals surface area contributed by atoms with Gasteiger partial charge in [-0.1, -0.05) is 58.0 Å². The molecule has 0 bridgehead atoms. The second-order valence-corrected chi connectivity index (χ2v) is 22.7. The van der Waals surface area contributed by atoms with E-state index < -0.39 is 109 Å². The van der Waals surface area contributed by atoms with Crippen LogP contribution in [0.15, 0.2) is 47.8 Å². The molecule has 2 amide bonds. The monoisotopic (exact) mass is 902 g/mol. The number of aromatic amines is 1. The van der Waals surface area contributed by atoms with Crippen LogP contribution in [0.3, 0.4) is 0 Å². The van der Waals surface area contributed by atoms with Crippen LogP contribution in [0, 0.1) is 5.92 Å². The number of ether oxygens (including phenoxy) is 2. The molecule has 0 saturated carbocycles. The van der Waals surface area contributed by atoms with E-state index in [0.29, 0.717) is 5.56 Å². The van der Waals surface area contributed by atoms with Gasteiger partial charge in [0.25, 0.3) is 11.5 Å². The third kappa shape index (κ3) is 8.86. The fourth-order valence-electron chi connectivity index (χ4n) is 6.50. The van der Waals surface area contributed by atoms with Crippen molar-refractivity contribution in [1.29, 1.82) is 0 Å². The molecule has 2 aliphatic heterocycles. The van der Waals surface area contributed by atoms with Gasteiger partial charge in [-0.15, -0.1) is 5.10 Å². The summed E-state index contributed by atoms with van der Waals surface area (Å²) in [6, 6.07) is 8.35. The first-order valence-electron chi connectivity index (χ1n) is 19.5. The van der Waals surface area contributed by atoms with Crippen LogP contribution in [0.2, 0.25) is 18.1 Å². The number of aliphatic hydroxyl groups is 2. The number of carbonyl (C=O) groups is 2. The van der Waals surface area contributed by atoms with Crippen LogP contribution in [0.25, 0.3) is 22.3 Å². The zero-order valence-corrected chi connectivity index (χ0v) is 36.4. The van der Waals surface area contributed by atoms with E-state index >= 15 is 4.39 Å². The first-order valence-corrected chi connectivity index (χ1v) is 23.8. The van der Waals surface area contributed by atoms with Crippen LogP contribution < -0.4 is 20.9 Å². The van der Waals surface area contributed by atoms with Gasteiger partial charge in [0.05, 0.1) is 12.9 Å². The quantitative estimate of drug-likeness (QED) is 0.0856. The molecule has 6 heterocycles. The molecule has 26 heteroatoms. The highest BCUT2D eigenvalue weighted by atomic mass is 32.2. The molecule has 6 N–H and O–H groups in total. The fourth-order valence-corrected chi connectivity index (χ4v) is 8.75. The lowest BCUT2D eigenvalue weighted by Gasteiger charge is -2.40. The Hall–Kier alpha value is -5.19. The Labute approximate surface area is 354 Å². The van der Waals surface area contributed by atoms with Gasteiger partial charge in [0.15, 0.2) is 55.1 Å². The lowest BCUT2D eigenvalue weighted by atomic mass is 10.1. The molecule has 7 rings (SSSR count). The van der Waals surface area contributed by atoms with E-state index in [-0.39, 0.29) is 34.1 Å². The van der Waals surface area contributed by atoms with Gasteiger partial charge in [-0.3, -0.25) is 29.3 Å². The Morgan fingerprint density at radius 1 is 1.02 bits per heavy atom. The highest BCUT2D eigenvalue weighted by Gasteiger charge is 2.54. The molecule has 1 aromatic carbocycles. The number of nitrogens with zero attached hydrogens (tertiary/aromatic N) is 8. The molecule has 8 atom stereocenters. The highest BCUT2D eigenvalue weighted by molar-refractivity contribution is 7.84. The van der Waals surface area contributed by atoms with Crippen molar-refractivity contribution in [3.63, 3.8) is 0 Å². The summed E-state index contributed by atoms with van der Waals surface area (Å²) in [6.45, 7) is 11.5. The van der Waals surface area contributed by atoms with Crippen molar-refractivity contribution in [2.75, 3.05) is 23.8 Å². The summed E-state index contributed by atoms with van der Waals surface area (Å²) in [6.07, 6.45) is -10.2. The average Bonchev–Trinajstić information content (AvgIpc) is 3.98. The number of benzene rings is 1. The predicted molar refractivity (Wildman–Crippen MR) is 219 cm³/mol. The minimum Gasteiger partial charge on any atom is -0.406 e. The molecule has 62 heavy (non-hydrogen) atoms. The Morgan fingerprint density at radius 3 is 2.40 bits per heavy atom. The number of alkyl halides is 1. The summed E-state index contributed by atoms with van der Waals surface area (Å²) in [5.41, 5.74) is -0.598. The van der Waals surface area contributed by atoms with Gasteiger partial charge in [-0.25, -0.2) is 23.5 Å². The maximum absolute atomic E-state index is 15.8. The van der Waals surface area contributed by atoms with Gasteiger partial charge in [0, 0.05) is 18.0 Å². The molecule has 2 aliphatic rings. The summed E-state index contributed by atoms with van der Waals surface area (Å²) < 4.78 is 72.0. The number of fused-ring (bicyclic) bond motifs is 2. The molecule has 5 aromatic rings. The van der Waals surface area contributed by atoms with Gasteiger partial charge in [0.2, 0.25) is 11.9 Å². The first kappa shape index (κ1) is 44.8. The summed E-state index contributed by atoms with van der Waals surface area (Å²) in [4.78, 5) is 57.6. The highest BCUT2D eigenvalue weighted by Crippen LogP contribution is 2.43. The van der Waals surface area contributed by atoms with Crippen LogP contribution in [0.1, 0.15) is 57.4 Å². The lowest BCUT2D eigenvalue weighted by molar-refractivity contribution is -0.118. The third-order valence-corrected chi connectivity index (χ3v) is 16.4. The van der Waals surface area contributed by atoms with Gasteiger partial charge in [-0.2, -0.15) is 22.8 Å². The Bertz CT molecular complexity index is 2620. The summed E-state index contributed by atoms with van der Waals surface area (Å²) in [5.74, 6) is -1.54. The van der Waals surface area contributed by atoms with Crippen LogP contribution >= 0.6 is 0 Å². The van der Waals surface area contributed by atoms with E-state index in [9.17, 15) is 33.0 Å². The Morgan fingerprint density at radius 2 is 1.73 bits per heavy atom. The number of carbonyl (C=O) groups excluding carboxylic acids is 2. The molecular formula is C36H47FN12O11SSi. The van der Waals surface area contributed by atoms with Gasteiger partial charge in [0.1, 0.15) is 36.8 Å². The van der Waals surface area contributed by atoms with E-state index in [2.05, 4.69) is 50.6 Å². The molecule has 0 spiro atoms. The van der Waals surface area contributed by atoms with E-state index in [1.165, 1.54) is 10.9 Å². The van der Waals surface area contributed by atoms with Crippen molar-refractivity contribution in [2.45, 2.75) is 102 Å². The molecule has 2 fully saturated rings. The van der Waals surface area contributed by atoms with E-state index in [1.54, 1.807) is 44.2 Å². The molecule has 4 aromatic heterocycles. The molecule has 0 radical (unpaired) electrons. The third-order valence-electron chi connectivity index (χ3n) is 10.9. The molecule has 0 aliphatic carbocycles. The number of anilines is 2. The second-order valence-electron chi connectivity index (χ2n) is 16.6. The lowest BCUT2D eigenvalue weighted by Crippen LogP contribution is -2.51. The van der Waals surface area contributed by atoms with Crippen LogP contribution in [-0.2, 0) is 33.2 Å². The SMILES string of the molecule is CC(C)C(=O)Nc1nc2c(nnn2[C@@H]2O[C@H](CO)[C@@H](OS(=O)(=O)NC[C@H]3O[C@@H](n4cnc5c(NC(=O)c6ccccc6)ncnc54)[C@H](F)[C@@H]3O)[C@H]2O[Si](C)(C)C(C)(C)C)c(=O)[nH]1. The summed E-state index contributed by atoms with van der Waals surface area (Å²) >= 11 is 0. The standard InChI is InChI=1S/C36H47FN12O11SSi/c1-17(2)30(52)44-35-43-29-23(32(54)45-35)46-47-49(29)34-26(60-62(6,7)36(3,4)5)25(20(14-50)58-34)59-61(55,56)41-13-19-24(51)21(37)33(57-19)48-16-40-22-27(38-15-39-28(22)48)42-31(53)18-11-9-8-10-12-18/h8-12,15-17,19-21,24-26,33-34,41,50-51H,13-14H2,1-7H3,(H,38,39,42,53)(H2,43,44,45,52,54)/t19-,20-,21-,24-,25-,26-,33-,34-/m1/s1. The van der Waals surface area contributed by atoms with Gasteiger partial charge in [-0.05, 0) is 30.3 Å². The molecule has 334 valence electrons. The molecule has 2 saturated heterocycles. The second kappa shape index (κ2) is 17.2. The van der Waals surface area contributed by atoms with Crippen molar-refractivity contribution in [3.8, 4) is 0 Å². The number of nitrogens with one attached hydrogen (secondary N) is 4. The maximum Gasteiger partial charge on any atom is 0.336 e. The molecular weight excluding hydrogens is 856 g/mol. The Balaban J connectivity index is 1.11. The normalized spacial score (nSPS) is 24.6. The predicted octanol–water partition coefficient (Wildman–Crippen LogP) is 1.30.